The van der Waals surface area contributed by atoms with Crippen LogP contribution in [-0.2, 0) is 4.79 Å². The van der Waals surface area contributed by atoms with E-state index in [1.165, 1.54) is 18.0 Å². The van der Waals surface area contributed by atoms with Gasteiger partial charge in [0.1, 0.15) is 5.82 Å². The third kappa shape index (κ3) is 3.33. The van der Waals surface area contributed by atoms with Crippen molar-refractivity contribution in [3.05, 3.63) is 18.3 Å². The number of pyridine rings is 1. The Hall–Kier alpha value is -1.23. The van der Waals surface area contributed by atoms with Crippen molar-refractivity contribution >= 4 is 29.2 Å². The van der Waals surface area contributed by atoms with Gasteiger partial charge in [-0.15, -0.1) is 0 Å². The van der Waals surface area contributed by atoms with Gasteiger partial charge in [0, 0.05) is 0 Å². The summed E-state index contributed by atoms with van der Waals surface area (Å²) in [4.78, 5) is 15.0. The molecule has 0 spiro atoms. The van der Waals surface area contributed by atoms with Gasteiger partial charge in [-0.2, -0.15) is 11.8 Å². The van der Waals surface area contributed by atoms with Crippen LogP contribution in [0.2, 0.25) is 0 Å². The normalized spacial score (nSPS) is 9.62. The maximum absolute atomic E-state index is 11.1. The van der Waals surface area contributed by atoms with E-state index in [4.69, 9.17) is 5.73 Å². The number of nitrogens with one attached hydrogen (secondary N) is 1. The molecular weight excluding hydrogens is 186 g/mol. The van der Waals surface area contributed by atoms with Crippen molar-refractivity contribution in [1.29, 1.82) is 0 Å². The van der Waals surface area contributed by atoms with E-state index >= 15 is 0 Å². The molecular formula is C8H11N3OS. The first-order valence-corrected chi connectivity index (χ1v) is 5.12. The van der Waals surface area contributed by atoms with Gasteiger partial charge in [0.05, 0.1) is 17.6 Å². The molecule has 70 valence electrons. The van der Waals surface area contributed by atoms with Crippen molar-refractivity contribution in [2.75, 3.05) is 23.1 Å². The number of thioether (sulfide) groups is 1. The summed E-state index contributed by atoms with van der Waals surface area (Å²) in [5, 5.41) is 2.64. The Morgan fingerprint density at radius 3 is 3.00 bits per heavy atom. The quantitative estimate of drug-likeness (QED) is 0.757. The fraction of sp³-hybridized carbons (Fsp3) is 0.250. The third-order valence-electron chi connectivity index (χ3n) is 1.33. The van der Waals surface area contributed by atoms with Crippen molar-refractivity contribution in [2.45, 2.75) is 0 Å². The summed E-state index contributed by atoms with van der Waals surface area (Å²) in [6.45, 7) is 0. The molecule has 0 aliphatic carbocycles. The number of amides is 1. The van der Waals surface area contributed by atoms with Gasteiger partial charge in [-0.1, -0.05) is 0 Å². The number of carbonyl (C=O) groups is 1. The Morgan fingerprint density at radius 2 is 2.46 bits per heavy atom. The number of anilines is 2. The summed E-state index contributed by atoms with van der Waals surface area (Å²) < 4.78 is 0. The lowest BCUT2D eigenvalue weighted by Gasteiger charge is -2.02. The van der Waals surface area contributed by atoms with E-state index in [2.05, 4.69) is 10.3 Å². The van der Waals surface area contributed by atoms with Gasteiger partial charge < -0.3 is 11.1 Å². The number of nitrogens with two attached hydrogens (primary N) is 1. The van der Waals surface area contributed by atoms with E-state index in [0.717, 1.165) is 0 Å². The Labute approximate surface area is 80.9 Å². The van der Waals surface area contributed by atoms with Gasteiger partial charge in [-0.05, 0) is 18.4 Å². The molecule has 0 radical (unpaired) electrons. The summed E-state index contributed by atoms with van der Waals surface area (Å²) in [6.07, 6.45) is 3.38. The van der Waals surface area contributed by atoms with Crippen molar-refractivity contribution in [2.24, 2.45) is 0 Å². The van der Waals surface area contributed by atoms with Crippen LogP contribution < -0.4 is 11.1 Å². The van der Waals surface area contributed by atoms with E-state index in [1.807, 2.05) is 6.26 Å². The number of nitrogen functional groups attached to an aromatic ring is 1. The first-order valence-electron chi connectivity index (χ1n) is 3.72. The number of nitrogens with zero attached hydrogens (tertiary/aromatic N) is 1. The minimum absolute atomic E-state index is 0.0511. The van der Waals surface area contributed by atoms with Crippen LogP contribution in [0.3, 0.4) is 0 Å². The minimum atomic E-state index is -0.0511. The van der Waals surface area contributed by atoms with Crippen molar-refractivity contribution in [1.82, 2.24) is 4.98 Å². The molecule has 1 aromatic rings. The third-order valence-corrected chi connectivity index (χ3v) is 1.88. The number of aromatic nitrogens is 1. The standard InChI is InChI=1S/C8H11N3OS/c1-13-5-8(12)11-7-3-2-6(9)4-10-7/h2-4H,5,9H2,1H3,(H,10,11,12). The molecule has 1 heterocycles. The average Bonchev–Trinajstić information content (AvgIpc) is 2.09. The molecule has 0 atom stereocenters. The lowest BCUT2D eigenvalue weighted by Crippen LogP contribution is -2.14. The zero-order valence-electron chi connectivity index (χ0n) is 7.28. The molecule has 1 rings (SSSR count). The zero-order valence-corrected chi connectivity index (χ0v) is 8.10. The Kier molecular flexibility index (Phi) is 3.57. The molecule has 0 saturated heterocycles. The van der Waals surface area contributed by atoms with Crippen molar-refractivity contribution in [3.63, 3.8) is 0 Å². The Bertz CT molecular complexity index is 286. The van der Waals surface area contributed by atoms with Crippen molar-refractivity contribution < 1.29 is 4.79 Å². The lowest BCUT2D eigenvalue weighted by atomic mass is 10.4. The van der Waals surface area contributed by atoms with Gasteiger partial charge in [0.25, 0.3) is 0 Å². The maximum atomic E-state index is 11.1. The van der Waals surface area contributed by atoms with Crippen LogP contribution >= 0.6 is 11.8 Å². The first kappa shape index (κ1) is 9.85. The topological polar surface area (TPSA) is 68.0 Å². The van der Waals surface area contributed by atoms with Gasteiger partial charge in [-0.3, -0.25) is 4.79 Å². The molecule has 3 N–H and O–H groups in total. The predicted molar refractivity (Wildman–Crippen MR) is 55.7 cm³/mol. The van der Waals surface area contributed by atoms with E-state index in [9.17, 15) is 4.79 Å². The summed E-state index contributed by atoms with van der Waals surface area (Å²) in [5.41, 5.74) is 6.02. The Morgan fingerprint density at radius 1 is 1.69 bits per heavy atom. The van der Waals surface area contributed by atoms with E-state index in [1.54, 1.807) is 12.1 Å². The highest BCUT2D eigenvalue weighted by atomic mass is 32.2. The highest BCUT2D eigenvalue weighted by molar-refractivity contribution is 7.99. The molecule has 0 aliphatic heterocycles. The van der Waals surface area contributed by atoms with E-state index < -0.39 is 0 Å². The second-order valence-corrected chi connectivity index (χ2v) is 3.32. The van der Waals surface area contributed by atoms with Crippen molar-refractivity contribution in [3.8, 4) is 0 Å². The van der Waals surface area contributed by atoms with Gasteiger partial charge in [0.15, 0.2) is 0 Å². The number of carbonyl (C=O) groups excluding carboxylic acids is 1. The highest BCUT2D eigenvalue weighted by Crippen LogP contribution is 2.06. The van der Waals surface area contributed by atoms with E-state index in [0.29, 0.717) is 17.3 Å². The van der Waals surface area contributed by atoms with Crippen LogP contribution in [-0.4, -0.2) is 22.9 Å². The molecule has 0 saturated carbocycles. The molecule has 0 unspecified atom stereocenters. The van der Waals surface area contributed by atoms with Crippen LogP contribution in [0.15, 0.2) is 18.3 Å². The van der Waals surface area contributed by atoms with Gasteiger partial charge >= 0.3 is 0 Å². The SMILES string of the molecule is CSCC(=O)Nc1ccc(N)cn1. The van der Waals surface area contributed by atoms with Crippen LogP contribution in [0.25, 0.3) is 0 Å². The van der Waals surface area contributed by atoms with Crippen LogP contribution in [0.4, 0.5) is 11.5 Å². The highest BCUT2D eigenvalue weighted by Gasteiger charge is 2.00. The summed E-state index contributed by atoms with van der Waals surface area (Å²) >= 11 is 1.47. The monoisotopic (exact) mass is 197 g/mol. The average molecular weight is 197 g/mol. The molecule has 1 amide bonds. The van der Waals surface area contributed by atoms with Crippen LogP contribution in [0, 0.1) is 0 Å². The molecule has 0 aliphatic rings. The second-order valence-electron chi connectivity index (χ2n) is 2.46. The largest absolute Gasteiger partial charge is 0.397 e. The summed E-state index contributed by atoms with van der Waals surface area (Å²) in [7, 11) is 0. The lowest BCUT2D eigenvalue weighted by molar-refractivity contribution is -0.113. The molecule has 0 aromatic carbocycles. The predicted octanol–water partition coefficient (Wildman–Crippen LogP) is 0.965. The minimum Gasteiger partial charge on any atom is -0.397 e. The molecule has 4 nitrogen and oxygen atoms in total. The smallest absolute Gasteiger partial charge is 0.235 e. The van der Waals surface area contributed by atoms with Gasteiger partial charge in [-0.25, -0.2) is 4.98 Å². The molecule has 0 fully saturated rings. The summed E-state index contributed by atoms with van der Waals surface area (Å²) in [6, 6.07) is 3.37. The molecule has 13 heavy (non-hydrogen) atoms. The second kappa shape index (κ2) is 4.71. The Balaban J connectivity index is 2.54. The molecule has 0 bridgehead atoms. The number of rotatable bonds is 3. The summed E-state index contributed by atoms with van der Waals surface area (Å²) in [5.74, 6) is 0.921. The zero-order chi connectivity index (χ0) is 9.68. The van der Waals surface area contributed by atoms with E-state index in [-0.39, 0.29) is 5.91 Å². The molecule has 5 heteroatoms. The fourth-order valence-electron chi connectivity index (χ4n) is 0.789. The molecule has 1 aromatic heterocycles. The first-order chi connectivity index (χ1) is 6.22. The van der Waals surface area contributed by atoms with Crippen LogP contribution in [0.5, 0.6) is 0 Å². The van der Waals surface area contributed by atoms with Gasteiger partial charge in [0.2, 0.25) is 5.91 Å². The number of hydrogen-bond acceptors (Lipinski definition) is 4. The maximum Gasteiger partial charge on any atom is 0.235 e. The van der Waals surface area contributed by atoms with Crippen LogP contribution in [0.1, 0.15) is 0 Å². The number of hydrogen-bond donors (Lipinski definition) is 2. The fourth-order valence-corrected chi connectivity index (χ4v) is 1.12.